The van der Waals surface area contributed by atoms with Crippen LogP contribution < -0.4 is 4.74 Å². The van der Waals surface area contributed by atoms with E-state index in [1.807, 2.05) is 0 Å². The predicted molar refractivity (Wildman–Crippen MR) is 180 cm³/mol. The Morgan fingerprint density at radius 2 is 1.16 bits per heavy atom. The van der Waals surface area contributed by atoms with Crippen molar-refractivity contribution < 1.29 is 4.74 Å². The smallest absolute Gasteiger partial charge is 0.178 e. The molecule has 0 saturated heterocycles. The van der Waals surface area contributed by atoms with Crippen LogP contribution in [0.4, 0.5) is 0 Å². The van der Waals surface area contributed by atoms with Gasteiger partial charge in [-0.25, -0.2) is 0 Å². The molecule has 0 bridgehead atoms. The van der Waals surface area contributed by atoms with Crippen molar-refractivity contribution in [3.05, 3.63) is 161 Å². The first-order valence-corrected chi connectivity index (χ1v) is 15.3. The largest absolute Gasteiger partial charge is 0.472 e. The van der Waals surface area contributed by atoms with Crippen molar-refractivity contribution in [2.45, 2.75) is 32.3 Å². The third kappa shape index (κ3) is 3.87. The summed E-state index contributed by atoms with van der Waals surface area (Å²) in [5, 5.41) is 4.86. The highest BCUT2D eigenvalue weighted by Crippen LogP contribution is 2.50. The maximum Gasteiger partial charge on any atom is 0.178 e. The summed E-state index contributed by atoms with van der Waals surface area (Å²) in [6.45, 7) is 4.48. The minimum atomic E-state index is -0.750. The summed E-state index contributed by atoms with van der Waals surface area (Å²) < 4.78 is 9.86. The first-order chi connectivity index (χ1) is 21.2. The molecule has 0 saturated carbocycles. The molecule has 0 atom stereocenters. The number of fused-ring (bicyclic) bond motifs is 8. The second-order valence-electron chi connectivity index (χ2n) is 11.5. The highest BCUT2D eigenvalue weighted by Gasteiger charge is 2.38. The van der Waals surface area contributed by atoms with E-state index in [4.69, 9.17) is 4.74 Å². The highest BCUT2D eigenvalue weighted by molar-refractivity contribution is 6.25. The van der Waals surface area contributed by atoms with Gasteiger partial charge in [0.05, 0.1) is 11.0 Å². The number of nitrogens with zero attached hydrogens (tertiary/aromatic N) is 1. The summed E-state index contributed by atoms with van der Waals surface area (Å²) in [4.78, 5) is 0. The number of benzene rings is 6. The first kappa shape index (κ1) is 25.6. The molecule has 0 N–H and O–H groups in total. The Kier molecular flexibility index (Phi) is 5.97. The lowest BCUT2D eigenvalue weighted by Gasteiger charge is -2.37. The quantitative estimate of drug-likeness (QED) is 0.206. The van der Waals surface area contributed by atoms with Crippen molar-refractivity contribution in [1.29, 1.82) is 0 Å². The third-order valence-electron chi connectivity index (χ3n) is 9.08. The van der Waals surface area contributed by atoms with Gasteiger partial charge in [-0.3, -0.25) is 0 Å². The number of hydrogen-bond acceptors (Lipinski definition) is 1. The zero-order valence-corrected chi connectivity index (χ0v) is 24.5. The standard InChI is InChI=1S/C41H33NO/c1-3-28-25-29(4-2)27-32(26-28)42-37-22-14-13-21-35(37)38-33-19-11-12-20-34(33)40-36(39(38)42)23-24-41(43-40,30-15-7-5-8-16-30)31-17-9-6-10-18-31/h5-27H,3-4H2,1-2H3. The lowest BCUT2D eigenvalue weighted by Crippen LogP contribution is -2.34. The van der Waals surface area contributed by atoms with Crippen LogP contribution in [0.1, 0.15) is 41.7 Å². The fourth-order valence-corrected chi connectivity index (χ4v) is 6.98. The van der Waals surface area contributed by atoms with Crippen molar-refractivity contribution in [1.82, 2.24) is 4.57 Å². The van der Waals surface area contributed by atoms with Crippen LogP contribution in [0.5, 0.6) is 5.75 Å². The van der Waals surface area contributed by atoms with Crippen LogP contribution in [-0.4, -0.2) is 4.57 Å². The van der Waals surface area contributed by atoms with E-state index < -0.39 is 5.60 Å². The summed E-state index contributed by atoms with van der Waals surface area (Å²) in [5.41, 5.74) is 8.90. The van der Waals surface area contributed by atoms with Crippen LogP contribution in [0, 0.1) is 0 Å². The van der Waals surface area contributed by atoms with Gasteiger partial charge in [0.2, 0.25) is 0 Å². The molecule has 0 spiro atoms. The molecule has 7 aromatic rings. The Hall–Kier alpha value is -5.08. The molecular formula is C41H33NO. The van der Waals surface area contributed by atoms with Gasteiger partial charge in [-0.1, -0.05) is 123 Å². The fourth-order valence-electron chi connectivity index (χ4n) is 6.98. The molecule has 6 aromatic carbocycles. The first-order valence-electron chi connectivity index (χ1n) is 15.3. The number of hydrogen-bond donors (Lipinski definition) is 0. The summed E-state index contributed by atoms with van der Waals surface area (Å²) in [5.74, 6) is 0.921. The Labute approximate surface area is 252 Å². The minimum absolute atomic E-state index is 0.750. The topological polar surface area (TPSA) is 14.2 Å². The van der Waals surface area contributed by atoms with Gasteiger partial charge in [0.25, 0.3) is 0 Å². The van der Waals surface area contributed by atoms with Gasteiger partial charge in [-0.2, -0.15) is 0 Å². The number of aryl methyl sites for hydroxylation is 2. The van der Waals surface area contributed by atoms with Crippen LogP contribution in [0.15, 0.2) is 133 Å². The Morgan fingerprint density at radius 3 is 1.79 bits per heavy atom. The van der Waals surface area contributed by atoms with E-state index in [0.717, 1.165) is 40.7 Å². The maximum absolute atomic E-state index is 7.39. The summed E-state index contributed by atoms with van der Waals surface area (Å²) in [6.07, 6.45) is 6.57. The van der Waals surface area contributed by atoms with Crippen LogP contribution in [0.2, 0.25) is 0 Å². The van der Waals surface area contributed by atoms with Gasteiger partial charge in [-0.05, 0) is 59.7 Å². The van der Waals surface area contributed by atoms with Gasteiger partial charge in [0, 0.05) is 38.5 Å². The molecule has 1 aromatic heterocycles. The van der Waals surface area contributed by atoms with Crippen molar-refractivity contribution in [2.24, 2.45) is 0 Å². The van der Waals surface area contributed by atoms with Crippen molar-refractivity contribution in [3.8, 4) is 11.4 Å². The molecule has 0 amide bonds. The average Bonchev–Trinajstić information content (AvgIpc) is 3.44. The minimum Gasteiger partial charge on any atom is -0.472 e. The molecule has 2 nitrogen and oxygen atoms in total. The van der Waals surface area contributed by atoms with Crippen LogP contribution in [-0.2, 0) is 18.4 Å². The van der Waals surface area contributed by atoms with Crippen LogP contribution in [0.25, 0.3) is 44.3 Å². The normalized spacial score (nSPS) is 13.8. The monoisotopic (exact) mass is 555 g/mol. The van der Waals surface area contributed by atoms with E-state index in [1.54, 1.807) is 0 Å². The molecule has 2 heterocycles. The molecule has 1 aliphatic heterocycles. The number of ether oxygens (including phenoxy) is 1. The SMILES string of the molecule is CCc1cc(CC)cc(-n2c3ccccc3c3c4ccccc4c4c(c32)C=CC(c2ccccc2)(c2ccccc2)O4)c1. The van der Waals surface area contributed by atoms with Gasteiger partial charge in [-0.15, -0.1) is 0 Å². The van der Waals surface area contributed by atoms with Gasteiger partial charge < -0.3 is 9.30 Å². The van der Waals surface area contributed by atoms with Crippen molar-refractivity contribution in [2.75, 3.05) is 0 Å². The van der Waals surface area contributed by atoms with E-state index in [0.29, 0.717) is 0 Å². The number of aromatic nitrogens is 1. The molecule has 0 aliphatic carbocycles. The zero-order valence-electron chi connectivity index (χ0n) is 24.5. The molecule has 0 radical (unpaired) electrons. The zero-order chi connectivity index (χ0) is 29.0. The van der Waals surface area contributed by atoms with Gasteiger partial charge in [0.1, 0.15) is 5.75 Å². The Balaban J connectivity index is 1.52. The maximum atomic E-state index is 7.39. The third-order valence-corrected chi connectivity index (χ3v) is 9.08. The average molecular weight is 556 g/mol. The lowest BCUT2D eigenvalue weighted by molar-refractivity contribution is 0.164. The van der Waals surface area contributed by atoms with Crippen molar-refractivity contribution in [3.63, 3.8) is 0 Å². The molecular weight excluding hydrogens is 522 g/mol. The number of para-hydroxylation sites is 1. The summed E-state index contributed by atoms with van der Waals surface area (Å²) in [7, 11) is 0. The van der Waals surface area contributed by atoms with E-state index in [9.17, 15) is 0 Å². The number of rotatable bonds is 5. The summed E-state index contributed by atoms with van der Waals surface area (Å²) >= 11 is 0. The van der Waals surface area contributed by atoms with E-state index in [-0.39, 0.29) is 0 Å². The predicted octanol–water partition coefficient (Wildman–Crippen LogP) is 10.4. The Morgan fingerprint density at radius 1 is 0.605 bits per heavy atom. The molecule has 8 rings (SSSR count). The molecule has 0 unspecified atom stereocenters. The highest BCUT2D eigenvalue weighted by atomic mass is 16.5. The van der Waals surface area contributed by atoms with Gasteiger partial charge in [0.15, 0.2) is 5.60 Å². The molecule has 208 valence electrons. The van der Waals surface area contributed by atoms with E-state index >= 15 is 0 Å². The van der Waals surface area contributed by atoms with E-state index in [1.165, 1.54) is 44.0 Å². The second-order valence-corrected chi connectivity index (χ2v) is 11.5. The van der Waals surface area contributed by atoms with E-state index in [2.05, 4.69) is 158 Å². The molecule has 43 heavy (non-hydrogen) atoms. The van der Waals surface area contributed by atoms with Crippen LogP contribution >= 0.6 is 0 Å². The second kappa shape index (κ2) is 10.0. The molecule has 0 fully saturated rings. The van der Waals surface area contributed by atoms with Crippen molar-refractivity contribution >= 4 is 38.7 Å². The lowest BCUT2D eigenvalue weighted by atomic mass is 9.83. The van der Waals surface area contributed by atoms with Crippen LogP contribution in [0.3, 0.4) is 0 Å². The summed E-state index contributed by atoms with van der Waals surface area (Å²) in [6, 6.07) is 45.8. The molecule has 1 aliphatic rings. The van der Waals surface area contributed by atoms with Gasteiger partial charge >= 0.3 is 0 Å². The molecule has 2 heteroatoms. The Bertz CT molecular complexity index is 2110. The fraction of sp³-hybridized carbons (Fsp3) is 0.122.